The van der Waals surface area contributed by atoms with Crippen LogP contribution < -0.4 is 9.46 Å². The molecule has 0 saturated heterocycles. The van der Waals surface area contributed by atoms with E-state index in [2.05, 4.69) is 9.71 Å². The number of benzene rings is 3. The molecule has 5 nitrogen and oxygen atoms in total. The summed E-state index contributed by atoms with van der Waals surface area (Å²) in [5.74, 6) is 0.194. The molecule has 0 aromatic heterocycles. The van der Waals surface area contributed by atoms with E-state index in [0.717, 1.165) is 35.7 Å². The minimum absolute atomic E-state index is 0.0846. The van der Waals surface area contributed by atoms with Gasteiger partial charge in [-0.3, -0.25) is 9.71 Å². The van der Waals surface area contributed by atoms with E-state index >= 15 is 0 Å². The van der Waals surface area contributed by atoms with E-state index in [9.17, 15) is 21.6 Å². The van der Waals surface area contributed by atoms with Crippen LogP contribution >= 0.6 is 11.6 Å². The fourth-order valence-electron chi connectivity index (χ4n) is 3.57. The van der Waals surface area contributed by atoms with Crippen LogP contribution in [0.15, 0.2) is 70.6 Å². The summed E-state index contributed by atoms with van der Waals surface area (Å²) < 4.78 is 72.2. The number of alkyl halides is 3. The number of methoxy groups -OCH3 is 1. The highest BCUT2D eigenvalue weighted by Crippen LogP contribution is 2.33. The van der Waals surface area contributed by atoms with E-state index in [1.165, 1.54) is 13.2 Å². The lowest BCUT2D eigenvalue weighted by molar-refractivity contribution is -0.137. The van der Waals surface area contributed by atoms with Gasteiger partial charge in [0.25, 0.3) is 10.0 Å². The van der Waals surface area contributed by atoms with Gasteiger partial charge in [0.15, 0.2) is 0 Å². The molecule has 1 aliphatic heterocycles. The van der Waals surface area contributed by atoms with Crippen molar-refractivity contribution in [1.29, 1.82) is 0 Å². The predicted octanol–water partition coefficient (Wildman–Crippen LogP) is 5.56. The van der Waals surface area contributed by atoms with Gasteiger partial charge in [0.1, 0.15) is 5.75 Å². The van der Waals surface area contributed by atoms with Gasteiger partial charge in [-0.2, -0.15) is 13.2 Å². The van der Waals surface area contributed by atoms with Crippen LogP contribution in [0, 0.1) is 0 Å². The topological polar surface area (TPSA) is 67.8 Å². The summed E-state index contributed by atoms with van der Waals surface area (Å²) in [6, 6.07) is 13.9. The van der Waals surface area contributed by atoms with Crippen molar-refractivity contribution in [2.45, 2.75) is 17.5 Å². The Hall–Kier alpha value is -3.04. The zero-order valence-electron chi connectivity index (χ0n) is 17.3. The first-order valence-electron chi connectivity index (χ1n) is 9.80. The van der Waals surface area contributed by atoms with E-state index in [1.54, 1.807) is 12.1 Å². The summed E-state index contributed by atoms with van der Waals surface area (Å²) in [5.41, 5.74) is 2.40. The van der Waals surface area contributed by atoms with Crippen LogP contribution in [0.1, 0.15) is 22.3 Å². The van der Waals surface area contributed by atoms with Gasteiger partial charge in [-0.25, -0.2) is 8.42 Å². The van der Waals surface area contributed by atoms with E-state index in [-0.39, 0.29) is 11.4 Å². The first-order valence-corrected chi connectivity index (χ1v) is 11.7. The molecule has 3 aromatic carbocycles. The standard InChI is InChI=1S/C23H18ClF3N2O3S/c1-32-21-11-15(22-19-13-17(24)7-5-14(19)9-10-28-22)6-8-20(21)29-33(30,31)18-4-2-3-16(12-18)23(25,26)27/h2-8,11-13,29H,9-10H2,1H3. The molecule has 0 spiro atoms. The Morgan fingerprint density at radius 3 is 2.58 bits per heavy atom. The van der Waals surface area contributed by atoms with Crippen molar-refractivity contribution < 1.29 is 26.3 Å². The summed E-state index contributed by atoms with van der Waals surface area (Å²) in [5, 5.41) is 0.570. The van der Waals surface area contributed by atoms with Crippen molar-refractivity contribution in [3.05, 3.63) is 87.9 Å². The molecule has 0 fully saturated rings. The minimum Gasteiger partial charge on any atom is -0.495 e. The number of aliphatic imine (C=N–C) groups is 1. The average Bonchev–Trinajstić information content (AvgIpc) is 2.78. The predicted molar refractivity (Wildman–Crippen MR) is 121 cm³/mol. The molecule has 0 aliphatic carbocycles. The Morgan fingerprint density at radius 2 is 1.85 bits per heavy atom. The summed E-state index contributed by atoms with van der Waals surface area (Å²) >= 11 is 6.16. The molecule has 0 saturated carbocycles. The second-order valence-electron chi connectivity index (χ2n) is 7.33. The molecule has 3 aromatic rings. The summed E-state index contributed by atoms with van der Waals surface area (Å²) in [4.78, 5) is 4.09. The van der Waals surface area contributed by atoms with E-state index in [1.807, 2.05) is 18.2 Å². The number of rotatable bonds is 5. The molecule has 0 bridgehead atoms. The third kappa shape index (κ3) is 4.84. The van der Waals surface area contributed by atoms with Gasteiger partial charge < -0.3 is 4.74 Å². The van der Waals surface area contributed by atoms with Crippen LogP contribution in [-0.4, -0.2) is 27.8 Å². The van der Waals surface area contributed by atoms with E-state index < -0.39 is 26.7 Å². The summed E-state index contributed by atoms with van der Waals surface area (Å²) in [7, 11) is -2.93. The zero-order valence-corrected chi connectivity index (χ0v) is 18.9. The second-order valence-corrected chi connectivity index (χ2v) is 9.45. The molecular formula is C23H18ClF3N2O3S. The molecule has 172 valence electrons. The molecule has 4 rings (SSSR count). The van der Waals surface area contributed by atoms with E-state index in [4.69, 9.17) is 16.3 Å². The molecule has 0 atom stereocenters. The van der Waals surface area contributed by atoms with Crippen LogP contribution in [0.4, 0.5) is 18.9 Å². The van der Waals surface area contributed by atoms with Crippen molar-refractivity contribution in [1.82, 2.24) is 0 Å². The molecule has 0 unspecified atom stereocenters. The highest BCUT2D eigenvalue weighted by Gasteiger charge is 2.32. The van der Waals surface area contributed by atoms with Gasteiger partial charge in [-0.1, -0.05) is 29.8 Å². The Bertz CT molecular complexity index is 1360. The Kier molecular flexibility index (Phi) is 6.11. The number of hydrogen-bond acceptors (Lipinski definition) is 4. The fraction of sp³-hybridized carbons (Fsp3) is 0.174. The lowest BCUT2D eigenvalue weighted by Gasteiger charge is -2.19. The number of ether oxygens (including phenoxy) is 1. The van der Waals surface area contributed by atoms with Crippen molar-refractivity contribution in [2.75, 3.05) is 18.4 Å². The Labute approximate surface area is 193 Å². The lowest BCUT2D eigenvalue weighted by Crippen LogP contribution is -2.16. The number of sulfonamides is 1. The van der Waals surface area contributed by atoms with Crippen LogP contribution in [0.3, 0.4) is 0 Å². The molecule has 0 radical (unpaired) electrons. The van der Waals surface area contributed by atoms with Crippen molar-refractivity contribution in [3.8, 4) is 5.75 Å². The maximum absolute atomic E-state index is 13.0. The number of hydrogen-bond donors (Lipinski definition) is 1. The smallest absolute Gasteiger partial charge is 0.416 e. The quantitative estimate of drug-likeness (QED) is 0.505. The van der Waals surface area contributed by atoms with Crippen LogP contribution in [0.5, 0.6) is 5.75 Å². The maximum Gasteiger partial charge on any atom is 0.416 e. The molecule has 1 heterocycles. The highest BCUT2D eigenvalue weighted by molar-refractivity contribution is 7.92. The zero-order chi connectivity index (χ0) is 23.8. The summed E-state index contributed by atoms with van der Waals surface area (Å²) in [6.45, 7) is 0.593. The van der Waals surface area contributed by atoms with Crippen molar-refractivity contribution in [3.63, 3.8) is 0 Å². The Morgan fingerprint density at radius 1 is 1.06 bits per heavy atom. The normalized spacial score (nSPS) is 13.8. The number of nitrogens with one attached hydrogen (secondary N) is 1. The third-order valence-electron chi connectivity index (χ3n) is 5.17. The highest BCUT2D eigenvalue weighted by atomic mass is 35.5. The first kappa shape index (κ1) is 23.1. The second kappa shape index (κ2) is 8.72. The number of nitrogens with zero attached hydrogens (tertiary/aromatic N) is 1. The van der Waals surface area contributed by atoms with Crippen molar-refractivity contribution in [2.24, 2.45) is 4.99 Å². The van der Waals surface area contributed by atoms with Crippen LogP contribution in [0.2, 0.25) is 5.02 Å². The van der Waals surface area contributed by atoms with Gasteiger partial charge in [-0.05, 0) is 54.4 Å². The monoisotopic (exact) mass is 494 g/mol. The summed E-state index contributed by atoms with van der Waals surface area (Å²) in [6.07, 6.45) is -3.88. The maximum atomic E-state index is 13.0. The van der Waals surface area contributed by atoms with Gasteiger partial charge >= 0.3 is 6.18 Å². The average molecular weight is 495 g/mol. The van der Waals surface area contributed by atoms with Gasteiger partial charge in [0, 0.05) is 22.7 Å². The molecule has 33 heavy (non-hydrogen) atoms. The SMILES string of the molecule is COc1cc(C2=NCCc3ccc(Cl)cc32)ccc1NS(=O)(=O)c1cccc(C(F)(F)F)c1. The van der Waals surface area contributed by atoms with Crippen LogP contribution in [0.25, 0.3) is 0 Å². The molecule has 1 N–H and O–H groups in total. The molecular weight excluding hydrogens is 477 g/mol. The molecule has 10 heteroatoms. The van der Waals surface area contributed by atoms with Gasteiger partial charge in [-0.15, -0.1) is 0 Å². The van der Waals surface area contributed by atoms with Crippen molar-refractivity contribution >= 4 is 33.0 Å². The van der Waals surface area contributed by atoms with Crippen LogP contribution in [-0.2, 0) is 22.6 Å². The largest absolute Gasteiger partial charge is 0.495 e. The lowest BCUT2D eigenvalue weighted by atomic mass is 9.93. The first-order chi connectivity index (χ1) is 15.6. The fourth-order valence-corrected chi connectivity index (χ4v) is 4.86. The molecule has 0 amide bonds. The molecule has 1 aliphatic rings. The Balaban J connectivity index is 1.68. The third-order valence-corrected chi connectivity index (χ3v) is 6.77. The number of anilines is 1. The minimum atomic E-state index is -4.66. The number of fused-ring (bicyclic) bond motifs is 1. The van der Waals surface area contributed by atoms with Gasteiger partial charge in [0.2, 0.25) is 0 Å². The van der Waals surface area contributed by atoms with Gasteiger partial charge in [0.05, 0.1) is 29.0 Å². The number of halogens is 4. The van der Waals surface area contributed by atoms with E-state index in [0.29, 0.717) is 28.9 Å².